The Balaban J connectivity index is 0.00000312. The number of ether oxygens (including phenoxy) is 3. The van der Waals surface area contributed by atoms with E-state index in [1.54, 1.807) is 25.3 Å². The third-order valence-electron chi connectivity index (χ3n) is 3.50. The first kappa shape index (κ1) is 22.0. The molecular formula is C18H20ClLiO4P. The summed E-state index contributed by atoms with van der Waals surface area (Å²) in [5.41, 5.74) is 1.35. The van der Waals surface area contributed by atoms with E-state index in [2.05, 4.69) is 0 Å². The SMILES string of the molecule is COc1cccc(Cl)c1C(=O)Pc1ccc(OC(C)OC)cc1C.[Li]. The van der Waals surface area contributed by atoms with Gasteiger partial charge in [0.1, 0.15) is 11.5 Å². The summed E-state index contributed by atoms with van der Waals surface area (Å²) in [4.78, 5) is 12.7. The number of methoxy groups -OCH3 is 2. The fourth-order valence-electron chi connectivity index (χ4n) is 2.17. The van der Waals surface area contributed by atoms with E-state index in [1.165, 1.54) is 7.11 Å². The van der Waals surface area contributed by atoms with E-state index in [4.69, 9.17) is 25.8 Å². The Morgan fingerprint density at radius 1 is 1.20 bits per heavy atom. The van der Waals surface area contributed by atoms with Crippen LogP contribution in [0.2, 0.25) is 5.02 Å². The van der Waals surface area contributed by atoms with E-state index >= 15 is 0 Å². The third-order valence-corrected chi connectivity index (χ3v) is 5.12. The molecule has 7 heteroatoms. The molecule has 0 aliphatic carbocycles. The van der Waals surface area contributed by atoms with Crippen molar-refractivity contribution in [3.05, 3.63) is 52.5 Å². The van der Waals surface area contributed by atoms with Crippen LogP contribution >= 0.6 is 20.2 Å². The van der Waals surface area contributed by atoms with Crippen molar-refractivity contribution in [1.82, 2.24) is 0 Å². The summed E-state index contributed by atoms with van der Waals surface area (Å²) in [5.74, 6) is 1.20. The minimum Gasteiger partial charge on any atom is -0.496 e. The van der Waals surface area contributed by atoms with Crippen LogP contribution in [0.1, 0.15) is 22.8 Å². The van der Waals surface area contributed by atoms with Gasteiger partial charge in [0, 0.05) is 26.0 Å². The molecule has 2 aromatic rings. The van der Waals surface area contributed by atoms with Crippen molar-refractivity contribution in [1.29, 1.82) is 0 Å². The van der Waals surface area contributed by atoms with Crippen molar-refractivity contribution >= 4 is 49.9 Å². The summed E-state index contributed by atoms with van der Waals surface area (Å²) in [5, 5.41) is 1.35. The minimum atomic E-state index is -0.327. The van der Waals surface area contributed by atoms with Crippen LogP contribution in [0.25, 0.3) is 0 Å². The Labute approximate surface area is 167 Å². The maximum atomic E-state index is 12.7. The zero-order chi connectivity index (χ0) is 17.7. The molecule has 1 radical (unpaired) electrons. The zero-order valence-electron chi connectivity index (χ0n) is 15.1. The van der Waals surface area contributed by atoms with E-state index < -0.39 is 0 Å². The smallest absolute Gasteiger partial charge is 0.196 e. The van der Waals surface area contributed by atoms with Gasteiger partial charge in [-0.15, -0.1) is 0 Å². The molecule has 2 unspecified atom stereocenters. The maximum Gasteiger partial charge on any atom is 0.196 e. The van der Waals surface area contributed by atoms with Crippen molar-refractivity contribution in [3.8, 4) is 11.5 Å². The average molecular weight is 374 g/mol. The first-order chi connectivity index (χ1) is 11.5. The van der Waals surface area contributed by atoms with Crippen molar-refractivity contribution < 1.29 is 19.0 Å². The second-order valence-electron chi connectivity index (χ2n) is 5.17. The number of hydrogen-bond acceptors (Lipinski definition) is 4. The summed E-state index contributed by atoms with van der Waals surface area (Å²) >= 11 is 6.18. The monoisotopic (exact) mass is 373 g/mol. The molecule has 0 aliphatic heterocycles. The standard InChI is InChI=1S/C18H20ClO4P.Li/c1-11-10-13(23-12(2)21-3)8-9-16(11)24-18(20)17-14(19)6-5-7-15(17)22-4;/h5-10,12,24H,1-4H3;. The van der Waals surface area contributed by atoms with Crippen molar-refractivity contribution in [2.75, 3.05) is 14.2 Å². The first-order valence-electron chi connectivity index (χ1n) is 7.40. The van der Waals surface area contributed by atoms with Gasteiger partial charge < -0.3 is 14.2 Å². The van der Waals surface area contributed by atoms with Gasteiger partial charge in [0.2, 0.25) is 0 Å². The predicted octanol–water partition coefficient (Wildman–Crippen LogP) is 3.79. The molecule has 2 rings (SSSR count). The number of aryl methyl sites for hydroxylation is 1. The van der Waals surface area contributed by atoms with Crippen LogP contribution < -0.4 is 14.8 Å². The molecule has 2 atom stereocenters. The molecule has 0 heterocycles. The Kier molecular flexibility index (Phi) is 9.00. The van der Waals surface area contributed by atoms with Crippen LogP contribution in [-0.2, 0) is 4.74 Å². The van der Waals surface area contributed by atoms with E-state index in [0.29, 0.717) is 22.1 Å². The fraction of sp³-hybridized carbons (Fsp3) is 0.278. The minimum absolute atomic E-state index is 0. The molecule has 0 aliphatic rings. The molecular weight excluding hydrogens is 354 g/mol. The number of hydrogen-bond donors (Lipinski definition) is 0. The molecule has 0 bridgehead atoms. The molecule has 0 N–H and O–H groups in total. The van der Waals surface area contributed by atoms with Gasteiger partial charge in [-0.1, -0.05) is 23.7 Å². The van der Waals surface area contributed by atoms with Crippen molar-refractivity contribution in [2.24, 2.45) is 0 Å². The van der Waals surface area contributed by atoms with Crippen molar-refractivity contribution in [3.63, 3.8) is 0 Å². The van der Waals surface area contributed by atoms with E-state index in [9.17, 15) is 4.79 Å². The number of carbonyl (C=O) groups is 1. The quantitative estimate of drug-likeness (QED) is 0.421. The van der Waals surface area contributed by atoms with Gasteiger partial charge in [-0.3, -0.25) is 4.79 Å². The van der Waals surface area contributed by atoms with Gasteiger partial charge in [-0.25, -0.2) is 0 Å². The molecule has 0 aromatic heterocycles. The summed E-state index contributed by atoms with van der Waals surface area (Å²) in [7, 11) is 3.07. The first-order valence-corrected chi connectivity index (χ1v) is 8.78. The number of carbonyl (C=O) groups excluding carboxylic acids is 1. The Morgan fingerprint density at radius 3 is 2.52 bits per heavy atom. The largest absolute Gasteiger partial charge is 0.496 e. The molecule has 25 heavy (non-hydrogen) atoms. The summed E-state index contributed by atoms with van der Waals surface area (Å²) < 4.78 is 15.9. The predicted molar refractivity (Wildman–Crippen MR) is 104 cm³/mol. The number of halogens is 1. The van der Waals surface area contributed by atoms with Crippen LogP contribution in [0.15, 0.2) is 36.4 Å². The zero-order valence-corrected chi connectivity index (χ0v) is 16.8. The second-order valence-corrected chi connectivity index (χ2v) is 6.82. The Bertz CT molecular complexity index is 739. The maximum absolute atomic E-state index is 12.7. The van der Waals surface area contributed by atoms with Gasteiger partial charge in [0.25, 0.3) is 0 Å². The van der Waals surface area contributed by atoms with Crippen LogP contribution in [0.4, 0.5) is 0 Å². The van der Waals surface area contributed by atoms with E-state index in [-0.39, 0.29) is 39.3 Å². The van der Waals surface area contributed by atoms with Gasteiger partial charge >= 0.3 is 0 Å². The topological polar surface area (TPSA) is 44.8 Å². The van der Waals surface area contributed by atoms with E-state index in [0.717, 1.165) is 10.9 Å². The number of benzene rings is 2. The molecule has 2 aromatic carbocycles. The van der Waals surface area contributed by atoms with E-state index in [1.807, 2.05) is 32.0 Å². The average Bonchev–Trinajstić information content (AvgIpc) is 2.56. The van der Waals surface area contributed by atoms with Crippen LogP contribution in [0, 0.1) is 6.92 Å². The number of rotatable bonds is 7. The summed E-state index contributed by atoms with van der Waals surface area (Å²) in [6, 6.07) is 10.8. The van der Waals surface area contributed by atoms with Gasteiger partial charge in [0.05, 0.1) is 17.7 Å². The van der Waals surface area contributed by atoms with Crippen LogP contribution in [-0.4, -0.2) is 44.9 Å². The van der Waals surface area contributed by atoms with Gasteiger partial charge in [-0.2, -0.15) is 0 Å². The molecule has 0 fully saturated rings. The summed E-state index contributed by atoms with van der Waals surface area (Å²) in [6.45, 7) is 3.77. The molecule has 4 nitrogen and oxygen atoms in total. The third kappa shape index (κ3) is 5.74. The molecule has 0 saturated heterocycles. The molecule has 0 spiro atoms. The van der Waals surface area contributed by atoms with Crippen LogP contribution in [0.5, 0.6) is 11.5 Å². The Morgan fingerprint density at radius 2 is 1.92 bits per heavy atom. The van der Waals surface area contributed by atoms with Gasteiger partial charge in [0.15, 0.2) is 11.8 Å². The molecule has 0 amide bonds. The van der Waals surface area contributed by atoms with Gasteiger partial charge in [-0.05, 0) is 57.6 Å². The summed E-state index contributed by atoms with van der Waals surface area (Å²) in [6.07, 6.45) is -0.327. The second kappa shape index (κ2) is 10.2. The molecule has 0 saturated carbocycles. The normalized spacial score (nSPS) is 11.9. The van der Waals surface area contributed by atoms with Crippen LogP contribution in [0.3, 0.4) is 0 Å². The fourth-order valence-corrected chi connectivity index (χ4v) is 3.56. The molecule has 129 valence electrons. The Hall–Kier alpha value is -1.01. The van der Waals surface area contributed by atoms with Crippen molar-refractivity contribution in [2.45, 2.75) is 20.1 Å².